The number of rotatable bonds is 5. The zero-order chi connectivity index (χ0) is 16.3. The average molecular weight is 312 g/mol. The van der Waals surface area contributed by atoms with Gasteiger partial charge in [-0.3, -0.25) is 5.10 Å². The van der Waals surface area contributed by atoms with Gasteiger partial charge in [0.05, 0.1) is 6.20 Å². The van der Waals surface area contributed by atoms with Crippen molar-refractivity contribution in [3.63, 3.8) is 0 Å². The van der Waals surface area contributed by atoms with E-state index in [4.69, 9.17) is 0 Å². The Morgan fingerprint density at radius 3 is 2.78 bits per heavy atom. The molecule has 1 aromatic heterocycles. The van der Waals surface area contributed by atoms with E-state index in [2.05, 4.69) is 71.5 Å². The van der Waals surface area contributed by atoms with Crippen molar-refractivity contribution >= 4 is 5.69 Å². The fourth-order valence-corrected chi connectivity index (χ4v) is 3.38. The quantitative estimate of drug-likeness (QED) is 0.890. The number of nitrogens with one attached hydrogen (secondary N) is 2. The van der Waals surface area contributed by atoms with Crippen molar-refractivity contribution in [2.45, 2.75) is 39.2 Å². The van der Waals surface area contributed by atoms with Crippen LogP contribution in [0.5, 0.6) is 0 Å². The highest BCUT2D eigenvalue weighted by molar-refractivity contribution is 5.46. The second-order valence-corrected chi connectivity index (χ2v) is 7.59. The molecule has 0 spiro atoms. The Balaban J connectivity index is 1.48. The predicted octanol–water partition coefficient (Wildman–Crippen LogP) is 3.32. The first-order chi connectivity index (χ1) is 11.0. The summed E-state index contributed by atoms with van der Waals surface area (Å²) in [4.78, 5) is 2.49. The second-order valence-electron chi connectivity index (χ2n) is 7.59. The van der Waals surface area contributed by atoms with Crippen molar-refractivity contribution in [1.29, 1.82) is 0 Å². The third-order valence-electron chi connectivity index (χ3n) is 4.62. The van der Waals surface area contributed by atoms with Crippen molar-refractivity contribution in [1.82, 2.24) is 15.5 Å². The molecule has 1 aromatic carbocycles. The molecule has 3 rings (SSSR count). The lowest BCUT2D eigenvalue weighted by Crippen LogP contribution is -2.27. The van der Waals surface area contributed by atoms with Gasteiger partial charge in [0.15, 0.2) is 0 Å². The van der Waals surface area contributed by atoms with E-state index in [1.807, 2.05) is 6.20 Å². The maximum absolute atomic E-state index is 4.22. The van der Waals surface area contributed by atoms with Crippen molar-refractivity contribution in [3.8, 4) is 0 Å². The minimum Gasteiger partial charge on any atom is -0.371 e. The topological polar surface area (TPSA) is 44.0 Å². The number of aromatic amines is 1. The number of hydrogen-bond donors (Lipinski definition) is 2. The van der Waals surface area contributed by atoms with Crippen LogP contribution >= 0.6 is 0 Å². The molecule has 1 atom stereocenters. The van der Waals surface area contributed by atoms with Gasteiger partial charge >= 0.3 is 0 Å². The molecular weight excluding hydrogens is 284 g/mol. The number of benzene rings is 1. The molecule has 2 heterocycles. The minimum atomic E-state index is 0.116. The Kier molecular flexibility index (Phi) is 4.71. The van der Waals surface area contributed by atoms with Gasteiger partial charge in [-0.05, 0) is 24.5 Å². The van der Waals surface area contributed by atoms with E-state index in [0.29, 0.717) is 0 Å². The lowest BCUT2D eigenvalue weighted by atomic mass is 9.89. The summed E-state index contributed by atoms with van der Waals surface area (Å²) in [6, 6.07) is 10.7. The summed E-state index contributed by atoms with van der Waals surface area (Å²) < 4.78 is 0. The number of aromatic nitrogens is 2. The third kappa shape index (κ3) is 3.94. The monoisotopic (exact) mass is 312 g/mol. The van der Waals surface area contributed by atoms with Crippen LogP contribution in [0.1, 0.15) is 38.4 Å². The molecule has 1 aliphatic heterocycles. The van der Waals surface area contributed by atoms with E-state index < -0.39 is 0 Å². The molecule has 124 valence electrons. The molecule has 1 saturated heterocycles. The first kappa shape index (κ1) is 16.1. The first-order valence-corrected chi connectivity index (χ1v) is 8.57. The maximum atomic E-state index is 4.22. The molecule has 23 heavy (non-hydrogen) atoms. The van der Waals surface area contributed by atoms with Crippen LogP contribution in [-0.2, 0) is 12.0 Å². The van der Waals surface area contributed by atoms with Gasteiger partial charge in [-0.25, -0.2) is 0 Å². The maximum Gasteiger partial charge on any atom is 0.0535 e. The largest absolute Gasteiger partial charge is 0.371 e. The average Bonchev–Trinajstić information content (AvgIpc) is 3.17. The Labute approximate surface area is 139 Å². The fourth-order valence-electron chi connectivity index (χ4n) is 3.38. The number of H-pyrrole nitrogens is 1. The highest BCUT2D eigenvalue weighted by Gasteiger charge is 2.23. The number of para-hydroxylation sites is 1. The Hall–Kier alpha value is -1.81. The van der Waals surface area contributed by atoms with Crippen LogP contribution in [0.2, 0.25) is 0 Å². The highest BCUT2D eigenvalue weighted by Crippen LogP contribution is 2.24. The molecule has 0 amide bonds. The molecule has 0 aliphatic carbocycles. The van der Waals surface area contributed by atoms with Crippen LogP contribution < -0.4 is 10.2 Å². The van der Waals surface area contributed by atoms with Gasteiger partial charge in [0.25, 0.3) is 0 Å². The van der Waals surface area contributed by atoms with Gasteiger partial charge in [0.1, 0.15) is 0 Å². The van der Waals surface area contributed by atoms with E-state index in [1.54, 1.807) is 0 Å². The lowest BCUT2D eigenvalue weighted by molar-refractivity contribution is 0.508. The molecule has 1 aliphatic rings. The molecule has 4 nitrogen and oxygen atoms in total. The van der Waals surface area contributed by atoms with Crippen LogP contribution in [0.3, 0.4) is 0 Å². The van der Waals surface area contributed by atoms with E-state index in [1.165, 1.54) is 23.4 Å². The molecule has 0 radical (unpaired) electrons. The molecule has 0 saturated carbocycles. The number of nitrogens with zero attached hydrogens (tertiary/aromatic N) is 2. The Morgan fingerprint density at radius 2 is 2.04 bits per heavy atom. The van der Waals surface area contributed by atoms with Crippen molar-refractivity contribution in [2.75, 3.05) is 24.5 Å². The van der Waals surface area contributed by atoms with Crippen LogP contribution in [0, 0.1) is 5.92 Å². The summed E-state index contributed by atoms with van der Waals surface area (Å²) in [5.41, 5.74) is 3.99. The standard InChI is InChI=1S/C19H28N4/c1-19(2,3)18-16(13-21-22-18)12-20-11-15-9-10-23(14-15)17-7-5-4-6-8-17/h4-8,13,15,20H,9-12,14H2,1-3H3,(H,21,22)/t15-/m1/s1. The molecular formula is C19H28N4. The van der Waals surface area contributed by atoms with Gasteiger partial charge in [0, 0.05) is 48.5 Å². The van der Waals surface area contributed by atoms with Gasteiger partial charge in [-0.1, -0.05) is 39.0 Å². The van der Waals surface area contributed by atoms with Crippen LogP contribution in [-0.4, -0.2) is 29.8 Å². The molecule has 2 N–H and O–H groups in total. The van der Waals surface area contributed by atoms with Crippen LogP contribution in [0.25, 0.3) is 0 Å². The fraction of sp³-hybridized carbons (Fsp3) is 0.526. The van der Waals surface area contributed by atoms with Crippen molar-refractivity contribution < 1.29 is 0 Å². The Bertz CT molecular complexity index is 612. The minimum absolute atomic E-state index is 0.116. The van der Waals surface area contributed by atoms with Gasteiger partial charge in [-0.2, -0.15) is 5.10 Å². The van der Waals surface area contributed by atoms with E-state index in [9.17, 15) is 0 Å². The summed E-state index contributed by atoms with van der Waals surface area (Å²) in [6.45, 7) is 10.9. The van der Waals surface area contributed by atoms with Gasteiger partial charge in [0.2, 0.25) is 0 Å². The van der Waals surface area contributed by atoms with Gasteiger partial charge in [-0.15, -0.1) is 0 Å². The normalized spacial score (nSPS) is 18.6. The SMILES string of the molecule is CC(C)(C)c1[nH]ncc1CNC[C@H]1CCN(c2ccccc2)C1. The zero-order valence-corrected chi connectivity index (χ0v) is 14.5. The summed E-state index contributed by atoms with van der Waals surface area (Å²) >= 11 is 0. The molecule has 4 heteroatoms. The molecule has 0 unspecified atom stereocenters. The number of anilines is 1. The third-order valence-corrected chi connectivity index (χ3v) is 4.62. The van der Waals surface area contributed by atoms with E-state index >= 15 is 0 Å². The lowest BCUT2D eigenvalue weighted by Gasteiger charge is -2.20. The molecule has 1 fully saturated rings. The summed E-state index contributed by atoms with van der Waals surface area (Å²) in [6.07, 6.45) is 3.22. The highest BCUT2D eigenvalue weighted by atomic mass is 15.2. The van der Waals surface area contributed by atoms with E-state index in [0.717, 1.165) is 32.1 Å². The Morgan fingerprint density at radius 1 is 1.26 bits per heavy atom. The number of hydrogen-bond acceptors (Lipinski definition) is 3. The zero-order valence-electron chi connectivity index (χ0n) is 14.5. The van der Waals surface area contributed by atoms with Crippen molar-refractivity contribution in [3.05, 3.63) is 47.8 Å². The smallest absolute Gasteiger partial charge is 0.0535 e. The van der Waals surface area contributed by atoms with Gasteiger partial charge < -0.3 is 10.2 Å². The molecule has 0 bridgehead atoms. The van der Waals surface area contributed by atoms with Crippen LogP contribution in [0.4, 0.5) is 5.69 Å². The molecule has 2 aromatic rings. The second kappa shape index (κ2) is 6.75. The summed E-state index contributed by atoms with van der Waals surface area (Å²) in [5.74, 6) is 0.722. The summed E-state index contributed by atoms with van der Waals surface area (Å²) in [7, 11) is 0. The van der Waals surface area contributed by atoms with E-state index in [-0.39, 0.29) is 5.41 Å². The van der Waals surface area contributed by atoms with Crippen molar-refractivity contribution in [2.24, 2.45) is 5.92 Å². The summed E-state index contributed by atoms with van der Waals surface area (Å²) in [5, 5.41) is 11.0. The van der Waals surface area contributed by atoms with Crippen LogP contribution in [0.15, 0.2) is 36.5 Å². The first-order valence-electron chi connectivity index (χ1n) is 8.57. The predicted molar refractivity (Wildman–Crippen MR) is 95.8 cm³/mol.